The van der Waals surface area contributed by atoms with E-state index in [0.29, 0.717) is 21.1 Å². The van der Waals surface area contributed by atoms with E-state index < -0.39 is 23.8 Å². The third-order valence-corrected chi connectivity index (χ3v) is 4.12. The van der Waals surface area contributed by atoms with E-state index in [9.17, 15) is 14.4 Å². The van der Waals surface area contributed by atoms with Crippen LogP contribution < -0.4 is 16.0 Å². The van der Waals surface area contributed by atoms with Crippen molar-refractivity contribution in [2.24, 2.45) is 15.9 Å². The first-order valence-electron chi connectivity index (χ1n) is 8.64. The maximum Gasteiger partial charge on any atom is 0.408 e. The van der Waals surface area contributed by atoms with Gasteiger partial charge >= 0.3 is 12.1 Å². The van der Waals surface area contributed by atoms with E-state index in [4.69, 9.17) is 17.0 Å². The van der Waals surface area contributed by atoms with Gasteiger partial charge < -0.3 is 10.1 Å². The molecule has 2 rings (SSSR count). The lowest BCUT2D eigenvalue weighted by atomic mass is 9.95. The molecule has 1 aromatic carbocycles. The van der Waals surface area contributed by atoms with Crippen molar-refractivity contribution in [3.63, 3.8) is 0 Å². The standard InChI is InChI=1S/C19H23N3O4S/c1-10(2)15(22-18(25)26-19(3,4)5)13(23)9-14(27)11-7-6-8-12-16(11)21-17(24)20-12/h6-8,10,15H,9H2,1-5H3,(H,22,25)/t15-/m0/s1. The van der Waals surface area contributed by atoms with Gasteiger partial charge in [-0.05, 0) is 32.8 Å². The number of rotatable bonds is 6. The molecule has 0 unspecified atom stereocenters. The van der Waals surface area contributed by atoms with E-state index in [0.717, 1.165) is 0 Å². The fourth-order valence-electron chi connectivity index (χ4n) is 2.60. The van der Waals surface area contributed by atoms with Gasteiger partial charge in [0.1, 0.15) is 11.0 Å². The molecule has 0 bridgehead atoms. The van der Waals surface area contributed by atoms with Crippen LogP contribution in [0.3, 0.4) is 0 Å². The van der Waals surface area contributed by atoms with E-state index in [1.54, 1.807) is 39.0 Å². The molecule has 1 heterocycles. The molecule has 1 aliphatic rings. The van der Waals surface area contributed by atoms with Crippen LogP contribution in [0.5, 0.6) is 0 Å². The molecule has 0 spiro atoms. The average Bonchev–Trinajstić information content (AvgIpc) is 2.90. The predicted molar refractivity (Wildman–Crippen MR) is 103 cm³/mol. The first kappa shape index (κ1) is 20.8. The molecule has 3 amide bonds. The van der Waals surface area contributed by atoms with Crippen molar-refractivity contribution < 1.29 is 19.1 Å². The number of ketones is 1. The van der Waals surface area contributed by atoms with Gasteiger partial charge in [0.25, 0.3) is 0 Å². The third kappa shape index (κ3) is 5.50. The van der Waals surface area contributed by atoms with Gasteiger partial charge in [0.05, 0.1) is 11.4 Å². The lowest BCUT2D eigenvalue weighted by Gasteiger charge is -2.25. The summed E-state index contributed by atoms with van der Waals surface area (Å²) in [6.45, 7) is 8.91. The molecule has 0 aliphatic carbocycles. The lowest BCUT2D eigenvalue weighted by Crippen LogP contribution is -2.47. The summed E-state index contributed by atoms with van der Waals surface area (Å²) >= 11 is 5.41. The van der Waals surface area contributed by atoms with Gasteiger partial charge in [-0.3, -0.25) is 4.79 Å². The highest BCUT2D eigenvalue weighted by Crippen LogP contribution is 2.12. The maximum atomic E-state index is 12.8. The lowest BCUT2D eigenvalue weighted by molar-refractivity contribution is -0.120. The van der Waals surface area contributed by atoms with E-state index >= 15 is 0 Å². The van der Waals surface area contributed by atoms with Gasteiger partial charge in [-0.2, -0.15) is 9.98 Å². The summed E-state index contributed by atoms with van der Waals surface area (Å²) in [6.07, 6.45) is -0.714. The summed E-state index contributed by atoms with van der Waals surface area (Å²) in [6, 6.07) is 3.76. The molecule has 8 heteroatoms. The second-order valence-electron chi connectivity index (χ2n) is 7.61. The molecular weight excluding hydrogens is 366 g/mol. The highest BCUT2D eigenvalue weighted by Gasteiger charge is 2.28. The molecule has 1 aromatic rings. The Morgan fingerprint density at radius 3 is 2.48 bits per heavy atom. The topological polar surface area (TPSA) is 97.2 Å². The zero-order chi connectivity index (χ0) is 20.4. The van der Waals surface area contributed by atoms with Crippen molar-refractivity contribution in [1.29, 1.82) is 0 Å². The molecular formula is C19H23N3O4S. The first-order valence-corrected chi connectivity index (χ1v) is 9.04. The molecule has 7 nitrogen and oxygen atoms in total. The second-order valence-corrected chi connectivity index (χ2v) is 8.11. The van der Waals surface area contributed by atoms with Crippen molar-refractivity contribution in [3.8, 4) is 0 Å². The van der Waals surface area contributed by atoms with Crippen molar-refractivity contribution in [1.82, 2.24) is 5.32 Å². The molecule has 144 valence electrons. The normalized spacial score (nSPS) is 14.1. The van der Waals surface area contributed by atoms with Crippen LogP contribution in [-0.2, 0) is 9.53 Å². The number of carbonyl (C=O) groups excluding carboxylic acids is 3. The molecule has 1 aliphatic heterocycles. The van der Waals surface area contributed by atoms with E-state index in [1.807, 2.05) is 13.8 Å². The van der Waals surface area contributed by atoms with Crippen LogP contribution in [0.4, 0.5) is 9.59 Å². The van der Waals surface area contributed by atoms with Gasteiger partial charge in [-0.1, -0.05) is 38.2 Å². The smallest absolute Gasteiger partial charge is 0.408 e. The zero-order valence-electron chi connectivity index (χ0n) is 16.0. The quantitative estimate of drug-likeness (QED) is 0.595. The highest BCUT2D eigenvalue weighted by atomic mass is 32.1. The largest absolute Gasteiger partial charge is 0.444 e. The first-order chi connectivity index (χ1) is 12.5. The summed E-state index contributed by atoms with van der Waals surface area (Å²) in [7, 11) is 0. The molecule has 0 fully saturated rings. The summed E-state index contributed by atoms with van der Waals surface area (Å²) in [5, 5.41) is 3.46. The minimum absolute atomic E-state index is 0.0614. The van der Waals surface area contributed by atoms with Gasteiger partial charge in [0, 0.05) is 16.8 Å². The van der Waals surface area contributed by atoms with Crippen LogP contribution in [0.15, 0.2) is 28.2 Å². The Hall–Kier alpha value is -2.48. The Labute approximate surface area is 162 Å². The Morgan fingerprint density at radius 1 is 1.22 bits per heavy atom. The molecule has 0 aromatic heterocycles. The minimum atomic E-state index is -0.738. The zero-order valence-corrected chi connectivity index (χ0v) is 16.8. The number of hydrogen-bond donors (Lipinski definition) is 1. The van der Waals surface area contributed by atoms with Crippen molar-refractivity contribution >= 4 is 35.0 Å². The molecule has 0 saturated carbocycles. The molecule has 0 radical (unpaired) electrons. The number of hydrogen-bond acceptors (Lipinski definition) is 5. The van der Waals surface area contributed by atoms with E-state index in [2.05, 4.69) is 15.3 Å². The van der Waals surface area contributed by atoms with Gasteiger partial charge in [0.2, 0.25) is 0 Å². The fraction of sp³-hybridized carbons (Fsp3) is 0.474. The number of para-hydroxylation sites is 1. The Kier molecular flexibility index (Phi) is 6.20. The number of alkyl carbamates (subject to hydrolysis) is 1. The number of benzene rings is 1. The predicted octanol–water partition coefficient (Wildman–Crippen LogP) is 2.29. The summed E-state index contributed by atoms with van der Waals surface area (Å²) < 4.78 is 5.23. The third-order valence-electron chi connectivity index (χ3n) is 3.76. The van der Waals surface area contributed by atoms with Gasteiger partial charge in [-0.15, -0.1) is 0 Å². The number of carbonyl (C=O) groups is 3. The van der Waals surface area contributed by atoms with Crippen molar-refractivity contribution in [3.05, 3.63) is 34.5 Å². The molecule has 1 N–H and O–H groups in total. The number of nitrogens with one attached hydrogen (secondary N) is 1. The Balaban J connectivity index is 2.15. The Bertz CT molecular complexity index is 916. The Morgan fingerprint density at radius 2 is 1.89 bits per heavy atom. The monoisotopic (exact) mass is 389 g/mol. The van der Waals surface area contributed by atoms with Crippen molar-refractivity contribution in [2.45, 2.75) is 52.7 Å². The van der Waals surface area contributed by atoms with Crippen LogP contribution in [0.25, 0.3) is 0 Å². The summed E-state index contributed by atoms with van der Waals surface area (Å²) in [5.41, 5.74) is -0.128. The number of fused-ring (bicyclic) bond motifs is 1. The molecule has 0 saturated heterocycles. The number of ether oxygens (including phenoxy) is 1. The summed E-state index contributed by atoms with van der Waals surface area (Å²) in [4.78, 5) is 44.2. The summed E-state index contributed by atoms with van der Waals surface area (Å²) in [5.74, 6) is -0.379. The van der Waals surface area contributed by atoms with Crippen LogP contribution in [0, 0.1) is 5.92 Å². The SMILES string of the molecule is CC(C)[C@H](NC(=O)OC(C)(C)C)C(=O)CC(=S)c1cccc2c1=NC(=O)N=2. The fourth-order valence-corrected chi connectivity index (χ4v) is 2.91. The van der Waals surface area contributed by atoms with Crippen molar-refractivity contribution in [2.75, 3.05) is 0 Å². The van der Waals surface area contributed by atoms with Crippen LogP contribution in [0.1, 0.15) is 46.6 Å². The number of Topliss-reactive ketones (excluding diaryl/α,β-unsaturated/α-hetero) is 1. The highest BCUT2D eigenvalue weighted by molar-refractivity contribution is 7.80. The van der Waals surface area contributed by atoms with Gasteiger partial charge in [-0.25, -0.2) is 9.59 Å². The van der Waals surface area contributed by atoms with Crippen LogP contribution in [-0.4, -0.2) is 34.4 Å². The van der Waals surface area contributed by atoms with Crippen LogP contribution in [0.2, 0.25) is 0 Å². The number of urea groups is 1. The van der Waals surface area contributed by atoms with Crippen LogP contribution >= 0.6 is 12.2 Å². The maximum absolute atomic E-state index is 12.8. The van der Waals surface area contributed by atoms with E-state index in [1.165, 1.54) is 0 Å². The second kappa shape index (κ2) is 8.04. The average molecular weight is 389 g/mol. The number of nitrogens with zero attached hydrogens (tertiary/aromatic N) is 2. The number of thiocarbonyl (C=S) groups is 1. The number of amides is 3. The molecule has 27 heavy (non-hydrogen) atoms. The minimum Gasteiger partial charge on any atom is -0.444 e. The van der Waals surface area contributed by atoms with Gasteiger partial charge in [0.15, 0.2) is 5.78 Å². The molecule has 1 atom stereocenters. The van der Waals surface area contributed by atoms with E-state index in [-0.39, 0.29) is 18.1 Å².